The fourth-order valence-electron chi connectivity index (χ4n) is 3.33. The zero-order valence-corrected chi connectivity index (χ0v) is 16.6. The number of aromatic nitrogens is 2. The highest BCUT2D eigenvalue weighted by Crippen LogP contribution is 2.33. The number of imidazole rings is 1. The first-order valence-electron chi connectivity index (χ1n) is 9.13. The van der Waals surface area contributed by atoms with Crippen LogP contribution in [0.15, 0.2) is 42.0 Å². The summed E-state index contributed by atoms with van der Waals surface area (Å²) >= 11 is 1.63. The van der Waals surface area contributed by atoms with E-state index in [1.54, 1.807) is 35.9 Å². The number of nitrogens with one attached hydrogen (secondary N) is 2. The molecular formula is C21H21N3O3S. The van der Waals surface area contributed by atoms with Crippen LogP contribution < -0.4 is 10.1 Å². The van der Waals surface area contributed by atoms with E-state index in [1.807, 2.05) is 31.4 Å². The maximum atomic E-state index is 12.5. The van der Waals surface area contributed by atoms with E-state index < -0.39 is 5.60 Å². The lowest BCUT2D eigenvalue weighted by Gasteiger charge is -2.31. The van der Waals surface area contributed by atoms with E-state index in [9.17, 15) is 9.59 Å². The normalized spacial score (nSPS) is 15.0. The molecule has 4 rings (SSSR count). The molecule has 1 amide bonds. The number of hydrogen-bond acceptors (Lipinski definition) is 5. The average Bonchev–Trinajstić information content (AvgIpc) is 3.31. The molecule has 7 heteroatoms. The van der Waals surface area contributed by atoms with Gasteiger partial charge in [-0.25, -0.2) is 4.98 Å². The van der Waals surface area contributed by atoms with E-state index in [1.165, 1.54) is 0 Å². The number of rotatable bonds is 5. The molecule has 6 nitrogen and oxygen atoms in total. The topological polar surface area (TPSA) is 84.1 Å². The molecule has 144 valence electrons. The van der Waals surface area contributed by atoms with E-state index in [-0.39, 0.29) is 11.7 Å². The molecule has 0 atom stereocenters. The van der Waals surface area contributed by atoms with Crippen LogP contribution in [-0.4, -0.2) is 33.8 Å². The Morgan fingerprint density at radius 3 is 3.00 bits per heavy atom. The fraction of sp³-hybridized carbons (Fsp3) is 0.286. The van der Waals surface area contributed by atoms with Crippen LogP contribution in [0.2, 0.25) is 0 Å². The Labute approximate surface area is 167 Å². The van der Waals surface area contributed by atoms with E-state index in [2.05, 4.69) is 15.3 Å². The third-order valence-electron chi connectivity index (χ3n) is 4.65. The number of aromatic amines is 1. The molecule has 0 unspecified atom stereocenters. The third-order valence-corrected chi connectivity index (χ3v) is 5.52. The minimum atomic E-state index is -0.516. The average molecular weight is 395 g/mol. The molecule has 0 fully saturated rings. The number of ketones is 1. The summed E-state index contributed by atoms with van der Waals surface area (Å²) in [5, 5.41) is 4.92. The second kappa shape index (κ2) is 7.24. The van der Waals surface area contributed by atoms with Gasteiger partial charge in [0.05, 0.1) is 23.2 Å². The molecule has 0 spiro atoms. The lowest BCUT2D eigenvalue weighted by Crippen LogP contribution is -2.36. The van der Waals surface area contributed by atoms with Gasteiger partial charge in [-0.05, 0) is 43.5 Å². The molecule has 2 aromatic heterocycles. The quantitative estimate of drug-likeness (QED) is 0.687. The summed E-state index contributed by atoms with van der Waals surface area (Å²) in [6.07, 6.45) is 2.61. The van der Waals surface area contributed by atoms with Crippen molar-refractivity contribution in [3.63, 3.8) is 0 Å². The molecule has 0 saturated carbocycles. The van der Waals surface area contributed by atoms with Crippen LogP contribution in [0.4, 0.5) is 0 Å². The first-order chi connectivity index (χ1) is 13.4. The number of carbonyl (C=O) groups is 2. The van der Waals surface area contributed by atoms with Gasteiger partial charge in [0, 0.05) is 24.2 Å². The molecule has 3 heterocycles. The van der Waals surface area contributed by atoms with Gasteiger partial charge in [0.25, 0.3) is 5.91 Å². The molecule has 0 aliphatic carbocycles. The predicted molar refractivity (Wildman–Crippen MR) is 108 cm³/mol. The van der Waals surface area contributed by atoms with Crippen molar-refractivity contribution < 1.29 is 14.3 Å². The summed E-state index contributed by atoms with van der Waals surface area (Å²) in [4.78, 5) is 33.5. The van der Waals surface area contributed by atoms with Gasteiger partial charge >= 0.3 is 0 Å². The Balaban J connectivity index is 1.41. The van der Waals surface area contributed by atoms with E-state index >= 15 is 0 Å². The van der Waals surface area contributed by atoms with Crippen LogP contribution in [0.25, 0.3) is 10.6 Å². The monoisotopic (exact) mass is 395 g/mol. The highest BCUT2D eigenvalue weighted by atomic mass is 32.1. The van der Waals surface area contributed by atoms with Crippen molar-refractivity contribution in [2.45, 2.75) is 32.3 Å². The number of Topliss-reactive ketones (excluding diaryl/α,β-unsaturated/α-hetero) is 1. The number of H-pyrrole nitrogens is 1. The molecule has 0 saturated heterocycles. The molecule has 1 aromatic carbocycles. The summed E-state index contributed by atoms with van der Waals surface area (Å²) < 4.78 is 5.84. The van der Waals surface area contributed by atoms with Crippen LogP contribution in [-0.2, 0) is 6.42 Å². The number of ether oxygens (including phenoxy) is 1. The van der Waals surface area contributed by atoms with Crippen molar-refractivity contribution >= 4 is 23.0 Å². The minimum Gasteiger partial charge on any atom is -0.487 e. The van der Waals surface area contributed by atoms with Crippen LogP contribution in [0.5, 0.6) is 5.75 Å². The number of hydrogen-bond donors (Lipinski definition) is 2. The summed E-state index contributed by atoms with van der Waals surface area (Å²) in [6, 6.07) is 9.03. The van der Waals surface area contributed by atoms with Gasteiger partial charge in [-0.1, -0.05) is 6.07 Å². The van der Waals surface area contributed by atoms with Crippen LogP contribution in [0, 0.1) is 0 Å². The molecular weight excluding hydrogens is 374 g/mol. The van der Waals surface area contributed by atoms with Crippen LogP contribution >= 0.6 is 11.3 Å². The molecule has 3 aromatic rings. The number of nitrogens with zero attached hydrogens (tertiary/aromatic N) is 1. The summed E-state index contributed by atoms with van der Waals surface area (Å²) in [7, 11) is 0. The molecule has 28 heavy (non-hydrogen) atoms. The van der Waals surface area contributed by atoms with Crippen molar-refractivity contribution in [1.82, 2.24) is 15.3 Å². The molecule has 0 bridgehead atoms. The molecule has 0 radical (unpaired) electrons. The second-order valence-corrected chi connectivity index (χ2v) is 8.33. The number of carbonyl (C=O) groups excluding carboxylic acids is 2. The van der Waals surface area contributed by atoms with Gasteiger partial charge in [-0.2, -0.15) is 0 Å². The van der Waals surface area contributed by atoms with E-state index in [0.29, 0.717) is 36.3 Å². The number of benzene rings is 1. The molecule has 1 aliphatic heterocycles. The number of thiophene rings is 1. The summed E-state index contributed by atoms with van der Waals surface area (Å²) in [5.74, 6) is 0.326. The lowest BCUT2D eigenvalue weighted by molar-refractivity contribution is 0.0620. The Kier molecular flexibility index (Phi) is 4.77. The standard InChI is InChI=1S/C21H21N3O3S/c1-21(2)11-16(25)14-10-13(5-6-17(14)27-21)20(26)22-8-7-15-19(24-12-23-15)18-4-3-9-28-18/h3-6,9-10,12H,7-8,11H2,1-2H3,(H,22,26)(H,23,24). The number of fused-ring (bicyclic) bond motifs is 1. The Morgan fingerprint density at radius 1 is 1.36 bits per heavy atom. The van der Waals surface area contributed by atoms with Gasteiger partial charge in [-0.15, -0.1) is 11.3 Å². The van der Waals surface area contributed by atoms with E-state index in [0.717, 1.165) is 16.3 Å². The zero-order valence-electron chi connectivity index (χ0n) is 15.7. The van der Waals surface area contributed by atoms with Crippen LogP contribution in [0.1, 0.15) is 46.7 Å². The van der Waals surface area contributed by atoms with Crippen molar-refractivity contribution in [3.05, 3.63) is 58.9 Å². The Hall–Kier alpha value is -2.93. The maximum absolute atomic E-state index is 12.5. The largest absolute Gasteiger partial charge is 0.487 e. The smallest absolute Gasteiger partial charge is 0.251 e. The maximum Gasteiger partial charge on any atom is 0.251 e. The van der Waals surface area contributed by atoms with Gasteiger partial charge in [0.1, 0.15) is 17.0 Å². The first kappa shape index (κ1) is 18.4. The van der Waals surface area contributed by atoms with Gasteiger partial charge < -0.3 is 15.0 Å². The minimum absolute atomic E-state index is 0.000973. The van der Waals surface area contributed by atoms with E-state index in [4.69, 9.17) is 4.74 Å². The van der Waals surface area contributed by atoms with Crippen molar-refractivity contribution in [3.8, 4) is 16.3 Å². The van der Waals surface area contributed by atoms with Gasteiger partial charge in [-0.3, -0.25) is 9.59 Å². The lowest BCUT2D eigenvalue weighted by atomic mass is 9.92. The Bertz CT molecular complexity index is 1020. The third kappa shape index (κ3) is 3.71. The predicted octanol–water partition coefficient (Wildman–Crippen LogP) is 3.85. The molecule has 2 N–H and O–H groups in total. The first-order valence-corrected chi connectivity index (χ1v) is 10.0. The fourth-order valence-corrected chi connectivity index (χ4v) is 4.08. The van der Waals surface area contributed by atoms with Crippen LogP contribution in [0.3, 0.4) is 0 Å². The Morgan fingerprint density at radius 2 is 2.21 bits per heavy atom. The van der Waals surface area contributed by atoms with Gasteiger partial charge in [0.2, 0.25) is 0 Å². The van der Waals surface area contributed by atoms with Gasteiger partial charge in [0.15, 0.2) is 5.78 Å². The van der Waals surface area contributed by atoms with Crippen molar-refractivity contribution in [2.24, 2.45) is 0 Å². The SMILES string of the molecule is CC1(C)CC(=O)c2cc(C(=O)NCCc3[nH]cnc3-c3cccs3)ccc2O1. The second-order valence-electron chi connectivity index (χ2n) is 7.39. The molecule has 1 aliphatic rings. The summed E-state index contributed by atoms with van der Waals surface area (Å²) in [6.45, 7) is 4.23. The highest BCUT2D eigenvalue weighted by molar-refractivity contribution is 7.13. The van der Waals surface area contributed by atoms with Crippen molar-refractivity contribution in [1.29, 1.82) is 0 Å². The number of amides is 1. The summed E-state index contributed by atoms with van der Waals surface area (Å²) in [5.41, 5.74) is 2.32. The van der Waals surface area contributed by atoms with Crippen molar-refractivity contribution in [2.75, 3.05) is 6.54 Å². The zero-order chi connectivity index (χ0) is 19.7. The highest BCUT2D eigenvalue weighted by Gasteiger charge is 2.32.